The molecule has 0 aromatic carbocycles. The van der Waals surface area contributed by atoms with E-state index >= 15 is 0 Å². The summed E-state index contributed by atoms with van der Waals surface area (Å²) in [5.41, 5.74) is 0. The number of alkyl halides is 3. The van der Waals surface area contributed by atoms with Gasteiger partial charge in [0.1, 0.15) is 15.8 Å². The molecule has 0 spiro atoms. The van der Waals surface area contributed by atoms with E-state index in [0.717, 1.165) is 5.39 Å². The number of thiophene rings is 1. The number of hydrogen-bond donors (Lipinski definition) is 0. The van der Waals surface area contributed by atoms with Crippen LogP contribution in [0.1, 0.15) is 12.7 Å². The summed E-state index contributed by atoms with van der Waals surface area (Å²) in [4.78, 5) is 10.2. The Morgan fingerprint density at radius 3 is 2.74 bits per heavy atom. The van der Waals surface area contributed by atoms with Crippen LogP contribution in [0.4, 0.5) is 13.2 Å². The number of nitrogens with zero attached hydrogens (tertiary/aromatic N) is 3. The van der Waals surface area contributed by atoms with Gasteiger partial charge in [0.25, 0.3) is 0 Å². The van der Waals surface area contributed by atoms with Crippen LogP contribution < -0.4 is 0 Å². The summed E-state index contributed by atoms with van der Waals surface area (Å²) in [5, 5.41) is 2.83. The molecule has 3 nitrogen and oxygen atoms in total. The zero-order valence-electron chi connectivity index (χ0n) is 10.0. The van der Waals surface area contributed by atoms with Crippen molar-refractivity contribution in [2.75, 3.05) is 13.1 Å². The molecule has 2 aromatic rings. The Morgan fingerprint density at radius 1 is 1.37 bits per heavy atom. The molecule has 104 valence electrons. The molecule has 0 unspecified atom stereocenters. The lowest BCUT2D eigenvalue weighted by Gasteiger charge is -2.20. The van der Waals surface area contributed by atoms with Crippen molar-refractivity contribution in [2.24, 2.45) is 0 Å². The molecule has 2 heterocycles. The Hall–Kier alpha value is -0.920. The zero-order valence-corrected chi connectivity index (χ0v) is 11.6. The molecular weight excluding hydrogens is 299 g/mol. The summed E-state index contributed by atoms with van der Waals surface area (Å²) in [6, 6.07) is 1.79. The Labute approximate surface area is 117 Å². The standard InChI is InChI=1S/C11H11ClF3N3S/c1-2-18(6-11(13,14)15)5-8-16-9(12)7-3-4-19-10(7)17-8/h3-4H,2,5-6H2,1H3. The fraction of sp³-hybridized carbons (Fsp3) is 0.455. The lowest BCUT2D eigenvalue weighted by atomic mass is 10.4. The van der Waals surface area contributed by atoms with Crippen LogP contribution in [0.25, 0.3) is 10.2 Å². The van der Waals surface area contributed by atoms with E-state index in [1.807, 2.05) is 5.38 Å². The van der Waals surface area contributed by atoms with Gasteiger partial charge in [-0.05, 0) is 18.0 Å². The van der Waals surface area contributed by atoms with Crippen molar-refractivity contribution in [1.29, 1.82) is 0 Å². The molecule has 19 heavy (non-hydrogen) atoms. The first-order chi connectivity index (χ1) is 8.89. The summed E-state index contributed by atoms with van der Waals surface area (Å²) in [7, 11) is 0. The highest BCUT2D eigenvalue weighted by atomic mass is 35.5. The first-order valence-corrected chi connectivity index (χ1v) is 6.83. The van der Waals surface area contributed by atoms with Crippen LogP contribution >= 0.6 is 22.9 Å². The van der Waals surface area contributed by atoms with Crippen LogP contribution in [0, 0.1) is 0 Å². The summed E-state index contributed by atoms with van der Waals surface area (Å²) in [6.07, 6.45) is -4.23. The molecule has 0 radical (unpaired) electrons. The molecule has 0 aliphatic carbocycles. The maximum Gasteiger partial charge on any atom is 0.401 e. The monoisotopic (exact) mass is 309 g/mol. The van der Waals surface area contributed by atoms with Gasteiger partial charge in [-0.3, -0.25) is 4.90 Å². The predicted molar refractivity (Wildman–Crippen MR) is 69.4 cm³/mol. The van der Waals surface area contributed by atoms with Crippen LogP contribution in [0.5, 0.6) is 0 Å². The lowest BCUT2D eigenvalue weighted by molar-refractivity contribution is -0.146. The van der Waals surface area contributed by atoms with Crippen molar-refractivity contribution >= 4 is 33.2 Å². The molecule has 0 saturated heterocycles. The predicted octanol–water partition coefficient (Wildman–Crippen LogP) is 3.73. The normalized spacial score (nSPS) is 12.5. The molecule has 2 rings (SSSR count). The van der Waals surface area contributed by atoms with Gasteiger partial charge >= 0.3 is 6.18 Å². The Balaban J connectivity index is 2.19. The highest BCUT2D eigenvalue weighted by molar-refractivity contribution is 7.16. The van der Waals surface area contributed by atoms with Crippen molar-refractivity contribution in [3.05, 3.63) is 22.4 Å². The molecule has 0 saturated carbocycles. The van der Waals surface area contributed by atoms with Gasteiger partial charge in [-0.15, -0.1) is 11.3 Å². The minimum Gasteiger partial charge on any atom is -0.288 e. The van der Waals surface area contributed by atoms with Gasteiger partial charge in [-0.25, -0.2) is 9.97 Å². The van der Waals surface area contributed by atoms with Gasteiger partial charge in [0.2, 0.25) is 0 Å². The maximum atomic E-state index is 12.4. The molecule has 0 fully saturated rings. The van der Waals surface area contributed by atoms with Gasteiger partial charge in [-0.2, -0.15) is 13.2 Å². The second kappa shape index (κ2) is 5.60. The minimum absolute atomic E-state index is 0.0313. The molecule has 0 bridgehead atoms. The van der Waals surface area contributed by atoms with E-state index in [-0.39, 0.29) is 18.2 Å². The number of halogens is 4. The molecule has 0 aliphatic heterocycles. The van der Waals surface area contributed by atoms with Crippen LogP contribution in [0.3, 0.4) is 0 Å². The smallest absolute Gasteiger partial charge is 0.288 e. The Morgan fingerprint density at radius 2 is 2.11 bits per heavy atom. The molecule has 0 amide bonds. The third-order valence-corrected chi connectivity index (χ3v) is 3.63. The second-order valence-corrected chi connectivity index (χ2v) is 5.24. The van der Waals surface area contributed by atoms with Crippen molar-refractivity contribution in [3.8, 4) is 0 Å². The average molecular weight is 310 g/mol. The van der Waals surface area contributed by atoms with Gasteiger partial charge in [-0.1, -0.05) is 18.5 Å². The highest BCUT2D eigenvalue weighted by Crippen LogP contribution is 2.25. The summed E-state index contributed by atoms with van der Waals surface area (Å²) in [6.45, 7) is 0.983. The second-order valence-electron chi connectivity index (χ2n) is 3.99. The largest absolute Gasteiger partial charge is 0.401 e. The third-order valence-electron chi connectivity index (χ3n) is 2.54. The van der Waals surface area contributed by atoms with E-state index in [1.165, 1.54) is 16.2 Å². The molecular formula is C11H11ClF3N3S. The van der Waals surface area contributed by atoms with Crippen molar-refractivity contribution in [1.82, 2.24) is 14.9 Å². The molecule has 2 aromatic heterocycles. The first kappa shape index (κ1) is 14.5. The summed E-state index contributed by atoms with van der Waals surface area (Å²) >= 11 is 7.37. The van der Waals surface area contributed by atoms with E-state index < -0.39 is 12.7 Å². The van der Waals surface area contributed by atoms with Crippen LogP contribution in [-0.4, -0.2) is 34.1 Å². The summed E-state index contributed by atoms with van der Waals surface area (Å²) in [5.74, 6) is 0.311. The molecule has 8 heteroatoms. The number of aromatic nitrogens is 2. The van der Waals surface area contributed by atoms with Crippen molar-refractivity contribution < 1.29 is 13.2 Å². The molecule has 0 atom stereocenters. The van der Waals surface area contributed by atoms with Crippen molar-refractivity contribution in [2.45, 2.75) is 19.6 Å². The third kappa shape index (κ3) is 3.77. The van der Waals surface area contributed by atoms with Crippen molar-refractivity contribution in [3.63, 3.8) is 0 Å². The number of hydrogen-bond acceptors (Lipinski definition) is 4. The van der Waals surface area contributed by atoms with E-state index in [1.54, 1.807) is 13.0 Å². The summed E-state index contributed by atoms with van der Waals surface area (Å²) < 4.78 is 37.1. The quantitative estimate of drug-likeness (QED) is 0.806. The van der Waals surface area contributed by atoms with E-state index in [2.05, 4.69) is 9.97 Å². The fourth-order valence-corrected chi connectivity index (χ4v) is 2.75. The Kier molecular flexibility index (Phi) is 4.27. The Bertz CT molecular complexity index is 570. The van der Waals surface area contributed by atoms with Gasteiger partial charge in [0.05, 0.1) is 13.1 Å². The topological polar surface area (TPSA) is 29.0 Å². The van der Waals surface area contributed by atoms with Crippen LogP contribution in [0.2, 0.25) is 5.15 Å². The van der Waals surface area contributed by atoms with Gasteiger partial charge < -0.3 is 0 Å². The minimum atomic E-state index is -4.23. The molecule has 0 aliphatic rings. The first-order valence-electron chi connectivity index (χ1n) is 5.58. The lowest BCUT2D eigenvalue weighted by Crippen LogP contribution is -2.34. The van der Waals surface area contributed by atoms with E-state index in [9.17, 15) is 13.2 Å². The van der Waals surface area contributed by atoms with Gasteiger partial charge in [0.15, 0.2) is 0 Å². The average Bonchev–Trinajstić information content (AvgIpc) is 2.74. The maximum absolute atomic E-state index is 12.4. The van der Waals surface area contributed by atoms with Gasteiger partial charge in [0, 0.05) is 5.39 Å². The van der Waals surface area contributed by atoms with Crippen LogP contribution in [-0.2, 0) is 6.54 Å². The number of rotatable bonds is 4. The highest BCUT2D eigenvalue weighted by Gasteiger charge is 2.30. The SMILES string of the molecule is CCN(Cc1nc(Cl)c2ccsc2n1)CC(F)(F)F. The van der Waals surface area contributed by atoms with E-state index in [4.69, 9.17) is 11.6 Å². The zero-order chi connectivity index (χ0) is 14.0. The van der Waals surface area contributed by atoms with Crippen LogP contribution in [0.15, 0.2) is 11.4 Å². The molecule has 0 N–H and O–H groups in total. The fourth-order valence-electron chi connectivity index (χ4n) is 1.66. The van der Waals surface area contributed by atoms with E-state index in [0.29, 0.717) is 10.7 Å². The number of fused-ring (bicyclic) bond motifs is 1.